The Morgan fingerprint density at radius 3 is 2.39 bits per heavy atom. The second-order valence-corrected chi connectivity index (χ2v) is 9.56. The fourth-order valence-electron chi connectivity index (χ4n) is 2.13. The van der Waals surface area contributed by atoms with Crippen molar-refractivity contribution in [2.75, 3.05) is 5.75 Å². The van der Waals surface area contributed by atoms with Crippen LogP contribution in [0.2, 0.25) is 0 Å². The summed E-state index contributed by atoms with van der Waals surface area (Å²) in [5.41, 5.74) is 0.0615. The Hall–Kier alpha value is 0.390. The summed E-state index contributed by atoms with van der Waals surface area (Å²) in [6, 6.07) is 0.0671. The van der Waals surface area contributed by atoms with Gasteiger partial charge in [-0.25, -0.2) is 13.1 Å². The summed E-state index contributed by atoms with van der Waals surface area (Å²) in [6.07, 6.45) is 6.23. The van der Waals surface area contributed by atoms with E-state index in [1.807, 2.05) is 0 Å². The lowest BCUT2D eigenvalue weighted by atomic mass is 9.94. The van der Waals surface area contributed by atoms with Gasteiger partial charge in [0.15, 0.2) is 0 Å². The van der Waals surface area contributed by atoms with E-state index in [0.29, 0.717) is 6.42 Å². The summed E-state index contributed by atoms with van der Waals surface area (Å²) in [7, 11) is -3.14. The highest BCUT2D eigenvalue weighted by molar-refractivity contribution is 9.09. The molecule has 5 heteroatoms. The Kier molecular flexibility index (Phi) is 6.13. The quantitative estimate of drug-likeness (QED) is 0.629. The first-order valence-electron chi connectivity index (χ1n) is 6.84. The lowest BCUT2D eigenvalue weighted by Gasteiger charge is -2.23. The molecule has 0 aliphatic heterocycles. The van der Waals surface area contributed by atoms with Crippen LogP contribution in [0.3, 0.4) is 0 Å². The Bertz CT molecular complexity index is 348. The molecule has 1 aliphatic carbocycles. The van der Waals surface area contributed by atoms with E-state index in [1.165, 1.54) is 12.8 Å². The van der Waals surface area contributed by atoms with E-state index in [2.05, 4.69) is 41.4 Å². The third-order valence-electron chi connectivity index (χ3n) is 3.38. The van der Waals surface area contributed by atoms with Crippen molar-refractivity contribution in [1.29, 1.82) is 0 Å². The molecule has 0 aromatic heterocycles. The zero-order valence-electron chi connectivity index (χ0n) is 11.7. The van der Waals surface area contributed by atoms with Gasteiger partial charge in [0, 0.05) is 10.9 Å². The molecule has 1 aliphatic rings. The first-order chi connectivity index (χ1) is 8.20. The molecular formula is C13H26BrNO2S. The molecule has 0 heterocycles. The molecule has 0 amide bonds. The van der Waals surface area contributed by atoms with Crippen LogP contribution in [0.25, 0.3) is 0 Å². The fraction of sp³-hybridized carbons (Fsp3) is 1.00. The Morgan fingerprint density at radius 2 is 1.78 bits per heavy atom. The van der Waals surface area contributed by atoms with Crippen LogP contribution in [-0.2, 0) is 10.0 Å². The molecule has 2 unspecified atom stereocenters. The van der Waals surface area contributed by atoms with Gasteiger partial charge < -0.3 is 0 Å². The number of hydrogen-bond acceptors (Lipinski definition) is 2. The molecule has 1 fully saturated rings. The Labute approximate surface area is 120 Å². The second-order valence-electron chi connectivity index (χ2n) is 6.51. The Balaban J connectivity index is 2.53. The van der Waals surface area contributed by atoms with Gasteiger partial charge in [0.2, 0.25) is 10.0 Å². The highest BCUT2D eigenvalue weighted by Gasteiger charge is 2.26. The minimum Gasteiger partial charge on any atom is -0.212 e. The van der Waals surface area contributed by atoms with Gasteiger partial charge in [0.05, 0.1) is 5.75 Å². The van der Waals surface area contributed by atoms with E-state index in [4.69, 9.17) is 0 Å². The smallest absolute Gasteiger partial charge is 0.211 e. The van der Waals surface area contributed by atoms with Crippen LogP contribution in [0.5, 0.6) is 0 Å². The molecule has 108 valence electrons. The van der Waals surface area contributed by atoms with Crippen LogP contribution in [-0.4, -0.2) is 25.0 Å². The lowest BCUT2D eigenvalue weighted by Crippen LogP contribution is -2.41. The average molecular weight is 340 g/mol. The summed E-state index contributed by atoms with van der Waals surface area (Å²) in [5, 5.41) is 0. The van der Waals surface area contributed by atoms with Gasteiger partial charge in [-0.3, -0.25) is 0 Å². The van der Waals surface area contributed by atoms with Crippen LogP contribution in [0.1, 0.15) is 59.3 Å². The molecule has 0 spiro atoms. The molecule has 0 aromatic rings. The highest BCUT2D eigenvalue weighted by Crippen LogP contribution is 2.25. The summed E-state index contributed by atoms with van der Waals surface area (Å²) in [5.74, 6) is 0.229. The summed E-state index contributed by atoms with van der Waals surface area (Å²) in [6.45, 7) is 6.21. The normalized spacial score (nSPS) is 26.9. The van der Waals surface area contributed by atoms with Gasteiger partial charge in [-0.05, 0) is 24.7 Å². The van der Waals surface area contributed by atoms with Gasteiger partial charge in [-0.1, -0.05) is 56.0 Å². The Morgan fingerprint density at radius 1 is 1.17 bits per heavy atom. The van der Waals surface area contributed by atoms with Gasteiger partial charge in [0.25, 0.3) is 0 Å². The average Bonchev–Trinajstić information content (AvgIpc) is 2.41. The zero-order chi connectivity index (χ0) is 13.8. The van der Waals surface area contributed by atoms with Crippen molar-refractivity contribution in [3.8, 4) is 0 Å². The monoisotopic (exact) mass is 339 g/mol. The van der Waals surface area contributed by atoms with E-state index in [0.717, 1.165) is 19.3 Å². The molecule has 0 bridgehead atoms. The number of halogens is 1. The standard InChI is InChI=1S/C13H26BrNO2S/c1-13(2,3)9-10-18(16,17)15-12-8-6-4-5-7-11(12)14/h11-12,15H,4-10H2,1-3H3. The van der Waals surface area contributed by atoms with Crippen molar-refractivity contribution in [2.24, 2.45) is 5.41 Å². The molecule has 1 saturated carbocycles. The molecule has 1 rings (SSSR count). The molecule has 18 heavy (non-hydrogen) atoms. The minimum atomic E-state index is -3.14. The van der Waals surface area contributed by atoms with E-state index in [-0.39, 0.29) is 22.0 Å². The number of rotatable bonds is 4. The van der Waals surface area contributed by atoms with Crippen LogP contribution >= 0.6 is 15.9 Å². The molecule has 0 saturated heterocycles. The number of nitrogens with one attached hydrogen (secondary N) is 1. The van der Waals surface area contributed by atoms with Crippen molar-refractivity contribution in [3.05, 3.63) is 0 Å². The molecule has 0 radical (unpaired) electrons. The number of sulfonamides is 1. The summed E-state index contributed by atoms with van der Waals surface area (Å²) >= 11 is 3.62. The van der Waals surface area contributed by atoms with Gasteiger partial charge in [-0.2, -0.15) is 0 Å². The van der Waals surface area contributed by atoms with Crippen molar-refractivity contribution >= 4 is 26.0 Å². The summed E-state index contributed by atoms with van der Waals surface area (Å²) in [4.78, 5) is 0.282. The predicted octanol–water partition coefficient (Wildman–Crippen LogP) is 3.44. The topological polar surface area (TPSA) is 46.2 Å². The third kappa shape index (κ3) is 6.53. The zero-order valence-corrected chi connectivity index (χ0v) is 14.1. The first-order valence-corrected chi connectivity index (χ1v) is 9.40. The largest absolute Gasteiger partial charge is 0.212 e. The van der Waals surface area contributed by atoms with Crippen LogP contribution < -0.4 is 4.72 Å². The molecule has 2 atom stereocenters. The van der Waals surface area contributed by atoms with Crippen molar-refractivity contribution in [1.82, 2.24) is 4.72 Å². The van der Waals surface area contributed by atoms with E-state index >= 15 is 0 Å². The molecule has 3 nitrogen and oxygen atoms in total. The maximum atomic E-state index is 12.1. The van der Waals surface area contributed by atoms with Gasteiger partial charge >= 0.3 is 0 Å². The van der Waals surface area contributed by atoms with Crippen molar-refractivity contribution in [2.45, 2.75) is 70.2 Å². The highest BCUT2D eigenvalue weighted by atomic mass is 79.9. The SMILES string of the molecule is CC(C)(C)CCS(=O)(=O)NC1CCCCCC1Br. The van der Waals surface area contributed by atoms with Crippen LogP contribution in [0, 0.1) is 5.41 Å². The van der Waals surface area contributed by atoms with Gasteiger partial charge in [-0.15, -0.1) is 0 Å². The van der Waals surface area contributed by atoms with E-state index in [1.54, 1.807) is 0 Å². The summed E-state index contributed by atoms with van der Waals surface area (Å²) < 4.78 is 27.0. The second kappa shape index (κ2) is 6.71. The van der Waals surface area contributed by atoms with E-state index < -0.39 is 10.0 Å². The fourth-order valence-corrected chi connectivity index (χ4v) is 4.76. The van der Waals surface area contributed by atoms with Crippen LogP contribution in [0.4, 0.5) is 0 Å². The maximum absolute atomic E-state index is 12.1. The minimum absolute atomic E-state index is 0.0615. The van der Waals surface area contributed by atoms with Crippen molar-refractivity contribution in [3.63, 3.8) is 0 Å². The lowest BCUT2D eigenvalue weighted by molar-refractivity contribution is 0.395. The predicted molar refractivity (Wildman–Crippen MR) is 80.6 cm³/mol. The number of hydrogen-bond donors (Lipinski definition) is 1. The molecule has 0 aromatic carbocycles. The molecular weight excluding hydrogens is 314 g/mol. The third-order valence-corrected chi connectivity index (χ3v) is 5.88. The molecule has 1 N–H and O–H groups in total. The van der Waals surface area contributed by atoms with Crippen molar-refractivity contribution < 1.29 is 8.42 Å². The first kappa shape index (κ1) is 16.4. The van der Waals surface area contributed by atoms with Crippen LogP contribution in [0.15, 0.2) is 0 Å². The maximum Gasteiger partial charge on any atom is 0.211 e. The van der Waals surface area contributed by atoms with Gasteiger partial charge in [0.1, 0.15) is 0 Å². The number of alkyl halides is 1. The van der Waals surface area contributed by atoms with E-state index in [9.17, 15) is 8.42 Å².